The number of amides is 1. The van der Waals surface area contributed by atoms with Gasteiger partial charge >= 0.3 is 0 Å². The summed E-state index contributed by atoms with van der Waals surface area (Å²) in [5, 5.41) is 10.1. The Balaban J connectivity index is 1.84. The molecule has 1 aliphatic rings. The first kappa shape index (κ1) is 18.3. The summed E-state index contributed by atoms with van der Waals surface area (Å²) in [5.41, 5.74) is 8.95. The van der Waals surface area contributed by atoms with Crippen LogP contribution in [0.1, 0.15) is 42.6 Å². The molecule has 2 heterocycles. The molecule has 0 atom stereocenters. The molecule has 0 saturated carbocycles. The minimum atomic E-state index is 0.0522. The van der Waals surface area contributed by atoms with E-state index in [0.717, 1.165) is 37.2 Å². The number of nitrogens with two attached hydrogens (primary N) is 1. The smallest absolute Gasteiger partial charge is 0.242 e. The van der Waals surface area contributed by atoms with Crippen molar-refractivity contribution in [1.82, 2.24) is 9.47 Å². The van der Waals surface area contributed by atoms with Crippen LogP contribution < -0.4 is 5.73 Å². The Morgan fingerprint density at radius 2 is 1.81 bits per heavy atom. The number of hydrogen-bond acceptors (Lipinski definition) is 3. The molecule has 0 aliphatic carbocycles. The van der Waals surface area contributed by atoms with Gasteiger partial charge in [-0.25, -0.2) is 0 Å². The fourth-order valence-electron chi connectivity index (χ4n) is 3.43. The van der Waals surface area contributed by atoms with E-state index in [4.69, 9.17) is 17.3 Å². The minimum Gasteiger partial charge on any atom is -0.397 e. The summed E-state index contributed by atoms with van der Waals surface area (Å²) >= 11 is 5.95. The zero-order valence-corrected chi connectivity index (χ0v) is 15.5. The van der Waals surface area contributed by atoms with Crippen molar-refractivity contribution >= 4 is 23.2 Å². The highest BCUT2D eigenvalue weighted by Gasteiger charge is 2.20. The Bertz CT molecular complexity index is 812. The molecule has 0 bridgehead atoms. The second kappa shape index (κ2) is 8.29. The van der Waals surface area contributed by atoms with E-state index >= 15 is 0 Å². The van der Waals surface area contributed by atoms with Gasteiger partial charge in [-0.1, -0.05) is 36.6 Å². The van der Waals surface area contributed by atoms with Crippen molar-refractivity contribution in [1.29, 1.82) is 5.26 Å². The average molecular weight is 371 g/mol. The van der Waals surface area contributed by atoms with Gasteiger partial charge in [0.1, 0.15) is 18.3 Å². The molecule has 2 aromatic rings. The van der Waals surface area contributed by atoms with Crippen molar-refractivity contribution < 1.29 is 4.79 Å². The minimum absolute atomic E-state index is 0.0522. The number of aromatic nitrogens is 1. The summed E-state index contributed by atoms with van der Waals surface area (Å²) in [5.74, 6) is 0.0522. The molecule has 1 aromatic carbocycles. The molecular weight excluding hydrogens is 348 g/mol. The Hall–Kier alpha value is -2.45. The lowest BCUT2D eigenvalue weighted by atomic mass is 10.1. The van der Waals surface area contributed by atoms with Crippen LogP contribution in [0.2, 0.25) is 5.02 Å². The molecule has 1 aliphatic heterocycles. The van der Waals surface area contributed by atoms with Crippen molar-refractivity contribution in [3.63, 3.8) is 0 Å². The fourth-order valence-corrected chi connectivity index (χ4v) is 3.56. The number of halogens is 1. The lowest BCUT2D eigenvalue weighted by Gasteiger charge is -2.21. The molecule has 2 N–H and O–H groups in total. The van der Waals surface area contributed by atoms with Crippen LogP contribution in [0.3, 0.4) is 0 Å². The highest BCUT2D eigenvalue weighted by Crippen LogP contribution is 2.23. The van der Waals surface area contributed by atoms with E-state index in [9.17, 15) is 10.1 Å². The number of hydrogen-bond donors (Lipinski definition) is 1. The molecular formula is C20H23ClN4O. The third kappa shape index (κ3) is 4.20. The van der Waals surface area contributed by atoms with Crippen molar-refractivity contribution in [2.75, 3.05) is 18.8 Å². The van der Waals surface area contributed by atoms with Gasteiger partial charge in [0.05, 0.1) is 5.69 Å². The normalized spacial score (nSPS) is 14.7. The van der Waals surface area contributed by atoms with Gasteiger partial charge in [-0.2, -0.15) is 5.26 Å². The molecule has 1 saturated heterocycles. The predicted octanol–water partition coefficient (Wildman–Crippen LogP) is 3.59. The number of nitriles is 1. The van der Waals surface area contributed by atoms with Crippen LogP contribution in [0.5, 0.6) is 0 Å². The fraction of sp³-hybridized carbons (Fsp3) is 0.400. The maximum absolute atomic E-state index is 12.8. The molecule has 3 rings (SSSR count). The number of nitrogens with zero attached hydrogens (tertiary/aromatic N) is 3. The summed E-state index contributed by atoms with van der Waals surface area (Å²) < 4.78 is 1.76. The Kier molecular flexibility index (Phi) is 5.85. The number of benzene rings is 1. The van der Waals surface area contributed by atoms with E-state index in [0.29, 0.717) is 22.8 Å². The monoisotopic (exact) mass is 370 g/mol. The third-order valence-corrected chi connectivity index (χ3v) is 5.15. The molecule has 6 heteroatoms. The van der Waals surface area contributed by atoms with Gasteiger partial charge < -0.3 is 15.2 Å². The van der Waals surface area contributed by atoms with Gasteiger partial charge in [0.2, 0.25) is 5.91 Å². The Morgan fingerprint density at radius 3 is 2.42 bits per heavy atom. The van der Waals surface area contributed by atoms with E-state index < -0.39 is 0 Å². The Labute approximate surface area is 159 Å². The second-order valence-corrected chi connectivity index (χ2v) is 7.16. The topological polar surface area (TPSA) is 75.0 Å². The van der Waals surface area contributed by atoms with Gasteiger partial charge in [0.25, 0.3) is 0 Å². The number of nitrogen functional groups attached to an aromatic ring is 1. The third-order valence-electron chi connectivity index (χ3n) is 4.89. The van der Waals surface area contributed by atoms with E-state index in [1.165, 1.54) is 12.8 Å². The molecule has 1 aromatic heterocycles. The van der Waals surface area contributed by atoms with Gasteiger partial charge in [0.15, 0.2) is 0 Å². The molecule has 1 fully saturated rings. The van der Waals surface area contributed by atoms with Crippen LogP contribution in [-0.2, 0) is 17.8 Å². The first-order valence-electron chi connectivity index (χ1n) is 8.98. The lowest BCUT2D eigenvalue weighted by Crippen LogP contribution is -2.35. The first-order valence-corrected chi connectivity index (χ1v) is 9.36. The van der Waals surface area contributed by atoms with Crippen LogP contribution in [0.4, 0.5) is 5.69 Å². The van der Waals surface area contributed by atoms with E-state index in [1.807, 2.05) is 29.2 Å². The van der Waals surface area contributed by atoms with Crippen LogP contribution >= 0.6 is 11.6 Å². The summed E-state index contributed by atoms with van der Waals surface area (Å²) in [4.78, 5) is 14.7. The summed E-state index contributed by atoms with van der Waals surface area (Å²) in [6, 6.07) is 11.3. The average Bonchev–Trinajstić information content (AvgIpc) is 2.83. The molecule has 0 unspecified atom stereocenters. The molecule has 1 amide bonds. The molecule has 5 nitrogen and oxygen atoms in total. The number of carbonyl (C=O) groups is 1. The number of carbonyl (C=O) groups excluding carboxylic acids is 1. The van der Waals surface area contributed by atoms with Gasteiger partial charge in [-0.3, -0.25) is 4.79 Å². The van der Waals surface area contributed by atoms with Gasteiger partial charge in [-0.15, -0.1) is 0 Å². The number of rotatable bonds is 4. The number of likely N-dealkylation sites (tertiary alicyclic amines) is 1. The highest BCUT2D eigenvalue weighted by molar-refractivity contribution is 6.30. The largest absolute Gasteiger partial charge is 0.397 e. The quantitative estimate of drug-likeness (QED) is 0.893. The van der Waals surface area contributed by atoms with Gasteiger partial charge in [0, 0.05) is 30.2 Å². The first-order chi connectivity index (χ1) is 12.6. The van der Waals surface area contributed by atoms with Crippen molar-refractivity contribution in [2.45, 2.75) is 38.6 Å². The maximum Gasteiger partial charge on any atom is 0.242 e. The SMILES string of the molecule is N#Cc1cc(N)c(Cc2ccc(Cl)cc2)n1CC(=O)N1CCCCCC1. The van der Waals surface area contributed by atoms with Gasteiger partial charge in [-0.05, 0) is 36.6 Å². The lowest BCUT2D eigenvalue weighted by molar-refractivity contribution is -0.131. The van der Waals surface area contributed by atoms with Crippen LogP contribution in [0, 0.1) is 11.3 Å². The molecule has 0 radical (unpaired) electrons. The standard InChI is InChI=1S/C20H23ClN4O/c21-16-7-5-15(6-8-16)11-19-18(23)12-17(13-22)25(19)14-20(26)24-9-3-1-2-4-10-24/h5-8,12H,1-4,9-11,14,23H2. The van der Waals surface area contributed by atoms with Crippen molar-refractivity contribution in [3.05, 3.63) is 52.3 Å². The summed E-state index contributed by atoms with van der Waals surface area (Å²) in [6.07, 6.45) is 4.99. The number of anilines is 1. The second-order valence-electron chi connectivity index (χ2n) is 6.73. The van der Waals surface area contributed by atoms with E-state index in [-0.39, 0.29) is 12.5 Å². The van der Waals surface area contributed by atoms with Crippen LogP contribution in [0.25, 0.3) is 0 Å². The van der Waals surface area contributed by atoms with Crippen LogP contribution in [-0.4, -0.2) is 28.5 Å². The molecule has 0 spiro atoms. The summed E-state index contributed by atoms with van der Waals surface area (Å²) in [7, 11) is 0. The molecule has 26 heavy (non-hydrogen) atoms. The zero-order chi connectivity index (χ0) is 18.5. The van der Waals surface area contributed by atoms with Crippen molar-refractivity contribution in [2.24, 2.45) is 0 Å². The Morgan fingerprint density at radius 1 is 1.15 bits per heavy atom. The summed E-state index contributed by atoms with van der Waals surface area (Å²) in [6.45, 7) is 1.75. The molecule has 136 valence electrons. The van der Waals surface area contributed by atoms with E-state index in [1.54, 1.807) is 10.6 Å². The predicted molar refractivity (Wildman–Crippen MR) is 103 cm³/mol. The van der Waals surface area contributed by atoms with Crippen LogP contribution in [0.15, 0.2) is 30.3 Å². The maximum atomic E-state index is 12.8. The zero-order valence-electron chi connectivity index (χ0n) is 14.7. The van der Waals surface area contributed by atoms with E-state index in [2.05, 4.69) is 6.07 Å². The van der Waals surface area contributed by atoms with Crippen molar-refractivity contribution in [3.8, 4) is 6.07 Å². The highest BCUT2D eigenvalue weighted by atomic mass is 35.5.